The van der Waals surface area contributed by atoms with Crippen LogP contribution >= 0.6 is 11.3 Å². The van der Waals surface area contributed by atoms with Crippen molar-refractivity contribution in [2.24, 2.45) is 0 Å². The molecule has 78 valence electrons. The summed E-state index contributed by atoms with van der Waals surface area (Å²) < 4.78 is 12.8. The van der Waals surface area contributed by atoms with Crippen molar-refractivity contribution in [3.63, 3.8) is 0 Å². The van der Waals surface area contributed by atoms with E-state index >= 15 is 0 Å². The van der Waals surface area contributed by atoms with E-state index < -0.39 is 5.95 Å². The number of rotatable bonds is 3. The molecule has 0 bridgehead atoms. The average Bonchev–Trinajstić information content (AvgIpc) is 2.70. The molecular weight excluding hydrogens is 213 g/mol. The van der Waals surface area contributed by atoms with Crippen molar-refractivity contribution >= 4 is 17.2 Å². The zero-order valence-corrected chi connectivity index (χ0v) is 8.96. The Morgan fingerprint density at radius 1 is 1.47 bits per heavy atom. The Bertz CT molecular complexity index is 430. The summed E-state index contributed by atoms with van der Waals surface area (Å²) in [5.41, 5.74) is 0. The molecule has 0 saturated carbocycles. The smallest absolute Gasteiger partial charge is 0.214 e. The van der Waals surface area contributed by atoms with Crippen LogP contribution in [0.4, 0.5) is 10.2 Å². The molecule has 0 fully saturated rings. The van der Waals surface area contributed by atoms with Gasteiger partial charge in [-0.3, -0.25) is 0 Å². The molecule has 2 heterocycles. The number of thiazole rings is 1. The van der Waals surface area contributed by atoms with Crippen LogP contribution in [-0.4, -0.2) is 9.97 Å². The highest BCUT2D eigenvalue weighted by atomic mass is 32.1. The van der Waals surface area contributed by atoms with E-state index in [1.807, 2.05) is 12.3 Å². The monoisotopic (exact) mass is 223 g/mol. The second-order valence-electron chi connectivity index (χ2n) is 3.08. The molecule has 0 saturated heterocycles. The molecule has 5 heteroatoms. The number of hydrogen-bond donors (Lipinski definition) is 1. The molecule has 2 rings (SSSR count). The SMILES string of the molecule is CC(Nc1cccc(F)n1)c1nccs1. The second kappa shape index (κ2) is 4.35. The Morgan fingerprint density at radius 3 is 3.00 bits per heavy atom. The normalized spacial score (nSPS) is 12.4. The number of hydrogen-bond acceptors (Lipinski definition) is 4. The zero-order chi connectivity index (χ0) is 10.7. The van der Waals surface area contributed by atoms with Gasteiger partial charge in [0.05, 0.1) is 6.04 Å². The molecule has 1 unspecified atom stereocenters. The first-order valence-corrected chi connectivity index (χ1v) is 5.42. The highest BCUT2D eigenvalue weighted by Crippen LogP contribution is 2.19. The predicted molar refractivity (Wildman–Crippen MR) is 58.3 cm³/mol. The third-order valence-corrected chi connectivity index (χ3v) is 2.86. The number of aromatic nitrogens is 2. The van der Waals surface area contributed by atoms with Gasteiger partial charge in [-0.1, -0.05) is 6.07 Å². The molecule has 0 radical (unpaired) electrons. The van der Waals surface area contributed by atoms with E-state index in [0.29, 0.717) is 5.82 Å². The summed E-state index contributed by atoms with van der Waals surface area (Å²) in [6.07, 6.45) is 1.75. The largest absolute Gasteiger partial charge is 0.361 e. The Kier molecular flexibility index (Phi) is 2.91. The van der Waals surface area contributed by atoms with Gasteiger partial charge < -0.3 is 5.32 Å². The summed E-state index contributed by atoms with van der Waals surface area (Å²) in [5.74, 6) is 0.0454. The Balaban J connectivity index is 2.09. The maximum Gasteiger partial charge on any atom is 0.214 e. The van der Waals surface area contributed by atoms with Crippen molar-refractivity contribution in [3.8, 4) is 0 Å². The Morgan fingerprint density at radius 2 is 2.33 bits per heavy atom. The molecule has 2 aromatic rings. The molecule has 1 atom stereocenters. The number of nitrogens with one attached hydrogen (secondary N) is 1. The van der Waals surface area contributed by atoms with Crippen LogP contribution in [0.25, 0.3) is 0 Å². The van der Waals surface area contributed by atoms with E-state index in [1.54, 1.807) is 29.7 Å². The minimum Gasteiger partial charge on any atom is -0.361 e. The van der Waals surface area contributed by atoms with Crippen molar-refractivity contribution in [1.82, 2.24) is 9.97 Å². The first-order valence-electron chi connectivity index (χ1n) is 4.54. The molecule has 1 N–H and O–H groups in total. The molecule has 0 aliphatic carbocycles. The molecular formula is C10H10FN3S. The lowest BCUT2D eigenvalue weighted by Crippen LogP contribution is -2.07. The first kappa shape index (κ1) is 10.0. The Labute approximate surface area is 91.0 Å². The quantitative estimate of drug-likeness (QED) is 0.813. The summed E-state index contributed by atoms with van der Waals surface area (Å²) >= 11 is 1.56. The molecule has 0 aliphatic rings. The highest BCUT2D eigenvalue weighted by Gasteiger charge is 2.08. The zero-order valence-electron chi connectivity index (χ0n) is 8.14. The van der Waals surface area contributed by atoms with Gasteiger partial charge in [0.1, 0.15) is 10.8 Å². The average molecular weight is 223 g/mol. The van der Waals surface area contributed by atoms with Crippen LogP contribution in [0.5, 0.6) is 0 Å². The standard InChI is InChI=1S/C10H10FN3S/c1-7(10-12-5-6-15-10)13-9-4-2-3-8(11)14-9/h2-7H,1H3,(H,13,14). The van der Waals surface area contributed by atoms with Gasteiger partial charge in [-0.25, -0.2) is 9.97 Å². The lowest BCUT2D eigenvalue weighted by atomic mass is 10.3. The van der Waals surface area contributed by atoms with Gasteiger partial charge in [0.2, 0.25) is 5.95 Å². The maximum absolute atomic E-state index is 12.8. The topological polar surface area (TPSA) is 37.8 Å². The third-order valence-electron chi connectivity index (χ3n) is 1.90. The summed E-state index contributed by atoms with van der Waals surface area (Å²) in [6.45, 7) is 1.96. The van der Waals surface area contributed by atoms with Crippen LogP contribution in [0.1, 0.15) is 18.0 Å². The van der Waals surface area contributed by atoms with Gasteiger partial charge in [-0.15, -0.1) is 11.3 Å². The maximum atomic E-state index is 12.8. The van der Waals surface area contributed by atoms with E-state index in [0.717, 1.165) is 5.01 Å². The third kappa shape index (κ3) is 2.50. The second-order valence-corrected chi connectivity index (χ2v) is 4.01. The van der Waals surface area contributed by atoms with Gasteiger partial charge in [-0.2, -0.15) is 4.39 Å². The van der Waals surface area contributed by atoms with Crippen LogP contribution in [0, 0.1) is 5.95 Å². The van der Waals surface area contributed by atoms with Crippen molar-refractivity contribution in [2.75, 3.05) is 5.32 Å². The van der Waals surface area contributed by atoms with Gasteiger partial charge in [-0.05, 0) is 19.1 Å². The molecule has 0 aromatic carbocycles. The predicted octanol–water partition coefficient (Wildman–Crippen LogP) is 2.85. The fraction of sp³-hybridized carbons (Fsp3) is 0.200. The first-order chi connectivity index (χ1) is 7.25. The van der Waals surface area contributed by atoms with E-state index in [9.17, 15) is 4.39 Å². The number of nitrogens with zero attached hydrogens (tertiary/aromatic N) is 2. The molecule has 15 heavy (non-hydrogen) atoms. The van der Waals surface area contributed by atoms with Gasteiger partial charge in [0.15, 0.2) is 0 Å². The van der Waals surface area contributed by atoms with Crippen LogP contribution in [0.15, 0.2) is 29.8 Å². The summed E-state index contributed by atoms with van der Waals surface area (Å²) in [6, 6.07) is 4.71. The summed E-state index contributed by atoms with van der Waals surface area (Å²) in [4.78, 5) is 7.89. The van der Waals surface area contributed by atoms with Crippen LogP contribution < -0.4 is 5.32 Å². The summed E-state index contributed by atoms with van der Waals surface area (Å²) in [7, 11) is 0. The number of pyridine rings is 1. The fourth-order valence-corrected chi connectivity index (χ4v) is 1.87. The van der Waals surface area contributed by atoms with E-state index in [2.05, 4.69) is 15.3 Å². The highest BCUT2D eigenvalue weighted by molar-refractivity contribution is 7.09. The minimum atomic E-state index is -0.480. The van der Waals surface area contributed by atoms with Crippen molar-refractivity contribution in [2.45, 2.75) is 13.0 Å². The molecule has 2 aromatic heterocycles. The van der Waals surface area contributed by atoms with Crippen LogP contribution in [0.2, 0.25) is 0 Å². The lowest BCUT2D eigenvalue weighted by Gasteiger charge is -2.11. The van der Waals surface area contributed by atoms with E-state index in [1.165, 1.54) is 6.07 Å². The number of halogens is 1. The molecule has 3 nitrogen and oxygen atoms in total. The minimum absolute atomic E-state index is 0.0410. The molecule has 0 aliphatic heterocycles. The number of anilines is 1. The van der Waals surface area contributed by atoms with Crippen molar-refractivity contribution in [1.29, 1.82) is 0 Å². The summed E-state index contributed by atoms with van der Waals surface area (Å²) in [5, 5.41) is 5.95. The van der Waals surface area contributed by atoms with Crippen LogP contribution in [-0.2, 0) is 0 Å². The molecule has 0 spiro atoms. The van der Waals surface area contributed by atoms with Crippen molar-refractivity contribution < 1.29 is 4.39 Å². The molecule has 0 amide bonds. The lowest BCUT2D eigenvalue weighted by molar-refractivity contribution is 0.584. The Hall–Kier alpha value is -1.49. The van der Waals surface area contributed by atoms with E-state index in [-0.39, 0.29) is 6.04 Å². The van der Waals surface area contributed by atoms with Gasteiger partial charge in [0.25, 0.3) is 0 Å². The van der Waals surface area contributed by atoms with Gasteiger partial charge >= 0.3 is 0 Å². The fourth-order valence-electron chi connectivity index (χ4n) is 1.22. The van der Waals surface area contributed by atoms with E-state index in [4.69, 9.17) is 0 Å². The van der Waals surface area contributed by atoms with Crippen LogP contribution in [0.3, 0.4) is 0 Å². The van der Waals surface area contributed by atoms with Crippen molar-refractivity contribution in [3.05, 3.63) is 40.7 Å². The van der Waals surface area contributed by atoms with Gasteiger partial charge in [0, 0.05) is 11.6 Å².